The molecule has 0 unspecified atom stereocenters. The molecular weight excluding hydrogens is 326 g/mol. The summed E-state index contributed by atoms with van der Waals surface area (Å²) in [6.07, 6.45) is 12.1. The van der Waals surface area contributed by atoms with E-state index in [-0.39, 0.29) is 0 Å². The molecule has 0 aromatic carbocycles. The molecule has 2 atom stereocenters. The summed E-state index contributed by atoms with van der Waals surface area (Å²) in [5, 5.41) is 0. The molecule has 3 rings (SSSR count). The lowest BCUT2D eigenvalue weighted by molar-refractivity contribution is -0.133. The molecule has 0 spiro atoms. The molecular formula is C21H35N3O2. The molecule has 1 amide bonds. The first kappa shape index (κ1) is 19.4. The summed E-state index contributed by atoms with van der Waals surface area (Å²) in [7, 11) is 1.74. The van der Waals surface area contributed by atoms with Gasteiger partial charge in [-0.25, -0.2) is 0 Å². The lowest BCUT2D eigenvalue weighted by Crippen LogP contribution is -2.51. The molecule has 0 aliphatic carbocycles. The molecule has 0 saturated carbocycles. The molecule has 0 N–H and O–H groups in total. The van der Waals surface area contributed by atoms with Crippen LogP contribution in [0.5, 0.6) is 0 Å². The molecule has 2 aliphatic heterocycles. The third kappa shape index (κ3) is 5.34. The van der Waals surface area contributed by atoms with Gasteiger partial charge in [0, 0.05) is 58.2 Å². The van der Waals surface area contributed by atoms with Gasteiger partial charge >= 0.3 is 0 Å². The molecule has 1 aromatic heterocycles. The van der Waals surface area contributed by atoms with Crippen molar-refractivity contribution in [3.05, 3.63) is 24.5 Å². The van der Waals surface area contributed by atoms with E-state index in [0.29, 0.717) is 24.3 Å². The van der Waals surface area contributed by atoms with Crippen LogP contribution in [-0.2, 0) is 16.1 Å². The van der Waals surface area contributed by atoms with Crippen LogP contribution in [0.25, 0.3) is 0 Å². The zero-order valence-electron chi connectivity index (χ0n) is 16.3. The van der Waals surface area contributed by atoms with E-state index in [2.05, 4.69) is 14.4 Å². The summed E-state index contributed by atoms with van der Waals surface area (Å²) in [5.41, 5.74) is 0. The fraction of sp³-hybridized carbons (Fsp3) is 0.762. The van der Waals surface area contributed by atoms with Crippen LogP contribution in [0.15, 0.2) is 24.5 Å². The number of carbonyl (C=O) groups is 1. The van der Waals surface area contributed by atoms with Crippen LogP contribution in [-0.4, -0.2) is 66.2 Å². The molecule has 5 nitrogen and oxygen atoms in total. The average Bonchev–Trinajstić information content (AvgIpc) is 3.19. The van der Waals surface area contributed by atoms with Gasteiger partial charge in [-0.15, -0.1) is 0 Å². The third-order valence-corrected chi connectivity index (χ3v) is 6.06. The van der Waals surface area contributed by atoms with Crippen LogP contribution in [0.2, 0.25) is 0 Å². The molecule has 5 heteroatoms. The highest BCUT2D eigenvalue weighted by atomic mass is 16.5. The van der Waals surface area contributed by atoms with Gasteiger partial charge in [0.25, 0.3) is 0 Å². The zero-order valence-corrected chi connectivity index (χ0v) is 16.3. The molecule has 3 heterocycles. The number of hydrogen-bond donors (Lipinski definition) is 0. The highest BCUT2D eigenvalue weighted by Crippen LogP contribution is 2.31. The first-order chi connectivity index (χ1) is 12.8. The Kier molecular flexibility index (Phi) is 7.56. The van der Waals surface area contributed by atoms with Gasteiger partial charge in [-0.3, -0.25) is 4.79 Å². The van der Waals surface area contributed by atoms with Gasteiger partial charge in [-0.2, -0.15) is 0 Å². The topological polar surface area (TPSA) is 37.7 Å². The van der Waals surface area contributed by atoms with E-state index in [4.69, 9.17) is 4.74 Å². The molecule has 0 bridgehead atoms. The smallest absolute Gasteiger partial charge is 0.224 e. The number of nitrogens with zero attached hydrogens (tertiary/aromatic N) is 3. The maximum Gasteiger partial charge on any atom is 0.224 e. The van der Waals surface area contributed by atoms with Crippen LogP contribution in [0.1, 0.15) is 44.9 Å². The maximum atomic E-state index is 12.9. The lowest BCUT2D eigenvalue weighted by Gasteiger charge is -2.45. The zero-order chi connectivity index (χ0) is 18.2. The number of methoxy groups -OCH3 is 1. The Hall–Kier alpha value is -1.33. The summed E-state index contributed by atoms with van der Waals surface area (Å²) < 4.78 is 7.31. The van der Waals surface area contributed by atoms with Crippen molar-refractivity contribution in [3.8, 4) is 0 Å². The largest absolute Gasteiger partial charge is 0.385 e. The van der Waals surface area contributed by atoms with Crippen LogP contribution in [0.4, 0.5) is 0 Å². The Morgan fingerprint density at radius 2 is 1.96 bits per heavy atom. The van der Waals surface area contributed by atoms with Crippen molar-refractivity contribution in [2.45, 2.75) is 57.5 Å². The lowest BCUT2D eigenvalue weighted by atomic mass is 9.83. The Morgan fingerprint density at radius 1 is 1.15 bits per heavy atom. The standard InChI is InChI=1S/C21H35N3O2/c1-26-17-7-15-24(21(25)10-16-22-11-4-5-12-22)18-19-8-6-14-23-13-3-2-9-20(19)23/h4-5,11-12,19-20H,2-3,6-10,13-18H2,1H3/t19-,20+/m0/s1. The third-order valence-electron chi connectivity index (χ3n) is 6.06. The predicted molar refractivity (Wildman–Crippen MR) is 104 cm³/mol. The van der Waals surface area contributed by atoms with E-state index in [1.165, 1.54) is 45.2 Å². The molecule has 2 aliphatic rings. The van der Waals surface area contributed by atoms with Gasteiger partial charge in [-0.1, -0.05) is 6.42 Å². The van der Waals surface area contributed by atoms with E-state index in [0.717, 1.165) is 32.7 Å². The number of hydrogen-bond acceptors (Lipinski definition) is 3. The number of carbonyl (C=O) groups excluding carboxylic acids is 1. The number of piperidine rings is 2. The Morgan fingerprint density at radius 3 is 2.77 bits per heavy atom. The van der Waals surface area contributed by atoms with Crippen molar-refractivity contribution < 1.29 is 9.53 Å². The minimum atomic E-state index is 0.294. The second-order valence-corrected chi connectivity index (χ2v) is 7.86. The van der Waals surface area contributed by atoms with E-state index in [1.807, 2.05) is 24.5 Å². The fourth-order valence-corrected chi connectivity index (χ4v) is 4.69. The number of amides is 1. The monoisotopic (exact) mass is 361 g/mol. The average molecular weight is 362 g/mol. The first-order valence-electron chi connectivity index (χ1n) is 10.4. The fourth-order valence-electron chi connectivity index (χ4n) is 4.69. The summed E-state index contributed by atoms with van der Waals surface area (Å²) >= 11 is 0. The minimum Gasteiger partial charge on any atom is -0.385 e. The summed E-state index contributed by atoms with van der Waals surface area (Å²) in [6, 6.07) is 4.72. The molecule has 1 aromatic rings. The van der Waals surface area contributed by atoms with Gasteiger partial charge < -0.3 is 19.1 Å². The molecule has 0 radical (unpaired) electrons. The SMILES string of the molecule is COCCCN(C[C@@H]1CCCN2CCCC[C@H]12)C(=O)CCn1cccc1. The maximum absolute atomic E-state index is 12.9. The molecule has 2 saturated heterocycles. The summed E-state index contributed by atoms with van der Waals surface area (Å²) in [5.74, 6) is 0.935. The van der Waals surface area contributed by atoms with Gasteiger partial charge in [-0.05, 0) is 63.2 Å². The Bertz CT molecular complexity index is 529. The van der Waals surface area contributed by atoms with E-state index in [1.54, 1.807) is 7.11 Å². The molecule has 26 heavy (non-hydrogen) atoms. The van der Waals surface area contributed by atoms with E-state index in [9.17, 15) is 4.79 Å². The van der Waals surface area contributed by atoms with E-state index >= 15 is 0 Å². The Balaban J connectivity index is 1.57. The highest BCUT2D eigenvalue weighted by molar-refractivity contribution is 5.76. The summed E-state index contributed by atoms with van der Waals surface area (Å²) in [4.78, 5) is 17.7. The minimum absolute atomic E-state index is 0.294. The van der Waals surface area contributed by atoms with Crippen molar-refractivity contribution in [1.29, 1.82) is 0 Å². The molecule has 146 valence electrons. The van der Waals surface area contributed by atoms with Crippen molar-refractivity contribution >= 4 is 5.91 Å². The normalized spacial score (nSPS) is 23.6. The van der Waals surface area contributed by atoms with Gasteiger partial charge in [0.15, 0.2) is 0 Å². The quantitative estimate of drug-likeness (QED) is 0.635. The van der Waals surface area contributed by atoms with Crippen molar-refractivity contribution in [3.63, 3.8) is 0 Å². The Labute approximate surface area is 158 Å². The highest BCUT2D eigenvalue weighted by Gasteiger charge is 2.34. The number of fused-ring (bicyclic) bond motifs is 1. The van der Waals surface area contributed by atoms with Crippen LogP contribution in [0.3, 0.4) is 0 Å². The van der Waals surface area contributed by atoms with Gasteiger partial charge in [0.1, 0.15) is 0 Å². The van der Waals surface area contributed by atoms with Crippen LogP contribution in [0, 0.1) is 5.92 Å². The number of rotatable bonds is 9. The van der Waals surface area contributed by atoms with Crippen molar-refractivity contribution in [1.82, 2.24) is 14.4 Å². The van der Waals surface area contributed by atoms with Crippen molar-refractivity contribution in [2.75, 3.05) is 39.9 Å². The molecule has 2 fully saturated rings. The van der Waals surface area contributed by atoms with Crippen LogP contribution < -0.4 is 0 Å². The number of aromatic nitrogens is 1. The van der Waals surface area contributed by atoms with Gasteiger partial charge in [0.05, 0.1) is 0 Å². The van der Waals surface area contributed by atoms with Crippen molar-refractivity contribution in [2.24, 2.45) is 5.92 Å². The van der Waals surface area contributed by atoms with E-state index < -0.39 is 0 Å². The number of ether oxygens (including phenoxy) is 1. The predicted octanol–water partition coefficient (Wildman–Crippen LogP) is 3.01. The second kappa shape index (κ2) is 10.1. The summed E-state index contributed by atoms with van der Waals surface area (Å²) in [6.45, 7) is 5.75. The number of aryl methyl sites for hydroxylation is 1. The van der Waals surface area contributed by atoms with Crippen LogP contribution >= 0.6 is 0 Å². The van der Waals surface area contributed by atoms with Gasteiger partial charge in [0.2, 0.25) is 5.91 Å². The second-order valence-electron chi connectivity index (χ2n) is 7.86. The first-order valence-corrected chi connectivity index (χ1v) is 10.4.